The Hall–Kier alpha value is -3.09. The molecule has 2 aromatic heterocycles. The predicted octanol–water partition coefficient (Wildman–Crippen LogP) is 3.46. The minimum absolute atomic E-state index is 0.173. The van der Waals surface area contributed by atoms with Crippen LogP contribution in [0.2, 0.25) is 0 Å². The number of benzene rings is 1. The van der Waals surface area contributed by atoms with E-state index in [9.17, 15) is 4.39 Å². The van der Waals surface area contributed by atoms with E-state index in [1.165, 1.54) is 6.07 Å². The molecule has 3 aromatic rings. The van der Waals surface area contributed by atoms with Crippen LogP contribution in [0.15, 0.2) is 53.1 Å². The van der Waals surface area contributed by atoms with E-state index in [4.69, 9.17) is 4.42 Å². The molecule has 140 valence electrons. The van der Waals surface area contributed by atoms with Crippen LogP contribution in [-0.4, -0.2) is 36.1 Å². The summed E-state index contributed by atoms with van der Waals surface area (Å²) in [5.74, 6) is 3.05. The molecule has 27 heavy (non-hydrogen) atoms. The van der Waals surface area contributed by atoms with E-state index in [1.807, 2.05) is 37.3 Å². The number of anilines is 3. The van der Waals surface area contributed by atoms with E-state index in [0.717, 1.165) is 43.6 Å². The molecule has 0 radical (unpaired) electrons. The highest BCUT2D eigenvalue weighted by atomic mass is 19.1. The molecule has 1 aliphatic rings. The zero-order valence-electron chi connectivity index (χ0n) is 15.2. The van der Waals surface area contributed by atoms with E-state index >= 15 is 0 Å². The molecular weight excluding hydrogens is 345 g/mol. The van der Waals surface area contributed by atoms with Crippen molar-refractivity contribution in [2.24, 2.45) is 0 Å². The van der Waals surface area contributed by atoms with Crippen molar-refractivity contribution >= 4 is 17.3 Å². The monoisotopic (exact) mass is 367 g/mol. The Kier molecular flexibility index (Phi) is 4.91. The molecule has 4 rings (SSSR count). The Morgan fingerprint density at radius 3 is 2.56 bits per heavy atom. The van der Waals surface area contributed by atoms with Gasteiger partial charge in [0.1, 0.15) is 29.0 Å². The van der Waals surface area contributed by atoms with Gasteiger partial charge >= 0.3 is 0 Å². The predicted molar refractivity (Wildman–Crippen MR) is 104 cm³/mol. The van der Waals surface area contributed by atoms with Gasteiger partial charge in [-0.3, -0.25) is 0 Å². The SMILES string of the molecule is Cc1nc(NCc2ccco2)cc(N2CCN(c3ccccc3F)CC2)n1. The summed E-state index contributed by atoms with van der Waals surface area (Å²) in [7, 11) is 0. The van der Waals surface area contributed by atoms with Gasteiger partial charge in [-0.2, -0.15) is 0 Å². The number of hydrogen-bond donors (Lipinski definition) is 1. The molecule has 0 atom stereocenters. The van der Waals surface area contributed by atoms with Crippen LogP contribution in [0.3, 0.4) is 0 Å². The third-order valence-corrected chi connectivity index (χ3v) is 4.65. The summed E-state index contributed by atoms with van der Waals surface area (Å²) in [6, 6.07) is 12.7. The number of aromatic nitrogens is 2. The van der Waals surface area contributed by atoms with Crippen LogP contribution in [0.5, 0.6) is 0 Å². The van der Waals surface area contributed by atoms with Crippen molar-refractivity contribution in [3.05, 3.63) is 66.1 Å². The van der Waals surface area contributed by atoms with Gasteiger partial charge in [0, 0.05) is 32.2 Å². The van der Waals surface area contributed by atoms with Crippen molar-refractivity contribution in [1.82, 2.24) is 9.97 Å². The molecule has 3 heterocycles. The van der Waals surface area contributed by atoms with Crippen molar-refractivity contribution in [1.29, 1.82) is 0 Å². The first-order valence-electron chi connectivity index (χ1n) is 9.05. The van der Waals surface area contributed by atoms with Crippen molar-refractivity contribution in [2.45, 2.75) is 13.5 Å². The summed E-state index contributed by atoms with van der Waals surface area (Å²) in [6.45, 7) is 5.52. The highest BCUT2D eigenvalue weighted by molar-refractivity contribution is 5.53. The van der Waals surface area contributed by atoms with E-state index in [1.54, 1.807) is 12.3 Å². The second kappa shape index (κ2) is 7.65. The lowest BCUT2D eigenvalue weighted by Gasteiger charge is -2.37. The molecule has 1 saturated heterocycles. The number of hydrogen-bond acceptors (Lipinski definition) is 6. The number of nitrogens with zero attached hydrogens (tertiary/aromatic N) is 4. The number of rotatable bonds is 5. The maximum atomic E-state index is 14.0. The molecule has 1 fully saturated rings. The van der Waals surface area contributed by atoms with Crippen LogP contribution in [0.4, 0.5) is 21.7 Å². The number of nitrogens with one attached hydrogen (secondary N) is 1. The minimum atomic E-state index is -0.173. The van der Waals surface area contributed by atoms with Gasteiger partial charge in [-0.25, -0.2) is 14.4 Å². The first-order chi connectivity index (χ1) is 13.2. The molecule has 7 heteroatoms. The molecule has 1 aromatic carbocycles. The van der Waals surface area contributed by atoms with Crippen LogP contribution in [0.1, 0.15) is 11.6 Å². The third-order valence-electron chi connectivity index (χ3n) is 4.65. The summed E-state index contributed by atoms with van der Waals surface area (Å²) in [5.41, 5.74) is 0.664. The normalized spacial score (nSPS) is 14.4. The Labute approximate surface area is 157 Å². The molecule has 0 bridgehead atoms. The fourth-order valence-electron chi connectivity index (χ4n) is 3.28. The lowest BCUT2D eigenvalue weighted by Crippen LogP contribution is -2.47. The van der Waals surface area contributed by atoms with Crippen LogP contribution >= 0.6 is 0 Å². The van der Waals surface area contributed by atoms with E-state index in [-0.39, 0.29) is 5.82 Å². The third kappa shape index (κ3) is 4.02. The van der Waals surface area contributed by atoms with Gasteiger partial charge in [0.05, 0.1) is 18.5 Å². The molecule has 0 amide bonds. The Morgan fingerprint density at radius 1 is 1.04 bits per heavy atom. The quantitative estimate of drug-likeness (QED) is 0.745. The highest BCUT2D eigenvalue weighted by Gasteiger charge is 2.21. The largest absolute Gasteiger partial charge is 0.467 e. The van der Waals surface area contributed by atoms with Crippen molar-refractivity contribution in [3.8, 4) is 0 Å². The van der Waals surface area contributed by atoms with Crippen LogP contribution in [-0.2, 0) is 6.54 Å². The Morgan fingerprint density at radius 2 is 1.81 bits per heavy atom. The van der Waals surface area contributed by atoms with E-state index in [0.29, 0.717) is 18.1 Å². The smallest absolute Gasteiger partial charge is 0.146 e. The number of aryl methyl sites for hydroxylation is 1. The highest BCUT2D eigenvalue weighted by Crippen LogP contribution is 2.23. The summed E-state index contributed by atoms with van der Waals surface area (Å²) < 4.78 is 19.4. The van der Waals surface area contributed by atoms with Crippen molar-refractivity contribution < 1.29 is 8.81 Å². The summed E-state index contributed by atoms with van der Waals surface area (Å²) in [5, 5.41) is 3.28. The topological polar surface area (TPSA) is 57.4 Å². The number of piperazine rings is 1. The summed E-state index contributed by atoms with van der Waals surface area (Å²) in [4.78, 5) is 13.3. The lowest BCUT2D eigenvalue weighted by molar-refractivity contribution is 0.517. The van der Waals surface area contributed by atoms with Crippen molar-refractivity contribution in [2.75, 3.05) is 41.3 Å². The zero-order chi connectivity index (χ0) is 18.6. The standard InChI is InChI=1S/C20H22FN5O/c1-15-23-19(22-14-16-5-4-12-27-16)13-20(24-15)26-10-8-25(9-11-26)18-7-3-2-6-17(18)21/h2-7,12-13H,8-11,14H2,1H3,(H,22,23,24). The van der Waals surface area contributed by atoms with Gasteiger partial charge < -0.3 is 19.5 Å². The second-order valence-electron chi connectivity index (χ2n) is 6.52. The van der Waals surface area contributed by atoms with Crippen LogP contribution in [0.25, 0.3) is 0 Å². The van der Waals surface area contributed by atoms with Gasteiger partial charge in [-0.15, -0.1) is 0 Å². The molecule has 0 unspecified atom stereocenters. The molecule has 6 nitrogen and oxygen atoms in total. The number of halogens is 1. The lowest BCUT2D eigenvalue weighted by atomic mass is 10.2. The van der Waals surface area contributed by atoms with Gasteiger partial charge in [0.2, 0.25) is 0 Å². The maximum absolute atomic E-state index is 14.0. The van der Waals surface area contributed by atoms with Gasteiger partial charge in [-0.1, -0.05) is 12.1 Å². The van der Waals surface area contributed by atoms with Crippen LogP contribution in [0, 0.1) is 12.7 Å². The molecule has 0 aliphatic carbocycles. The average Bonchev–Trinajstić information content (AvgIpc) is 3.20. The number of para-hydroxylation sites is 1. The number of furan rings is 1. The fraction of sp³-hybridized carbons (Fsp3) is 0.300. The second-order valence-corrected chi connectivity index (χ2v) is 6.52. The molecule has 0 saturated carbocycles. The minimum Gasteiger partial charge on any atom is -0.467 e. The van der Waals surface area contributed by atoms with Gasteiger partial charge in [0.15, 0.2) is 0 Å². The first-order valence-corrected chi connectivity index (χ1v) is 9.05. The summed E-state index contributed by atoms with van der Waals surface area (Å²) in [6.07, 6.45) is 1.66. The van der Waals surface area contributed by atoms with E-state index in [2.05, 4.69) is 25.1 Å². The van der Waals surface area contributed by atoms with E-state index < -0.39 is 0 Å². The van der Waals surface area contributed by atoms with Crippen molar-refractivity contribution in [3.63, 3.8) is 0 Å². The molecule has 1 N–H and O–H groups in total. The molecule has 0 spiro atoms. The summed E-state index contributed by atoms with van der Waals surface area (Å²) >= 11 is 0. The van der Waals surface area contributed by atoms with Crippen LogP contribution < -0.4 is 15.1 Å². The average molecular weight is 367 g/mol. The Bertz CT molecular complexity index is 891. The first kappa shape index (κ1) is 17.3. The van der Waals surface area contributed by atoms with Gasteiger partial charge in [-0.05, 0) is 31.2 Å². The molecule has 1 aliphatic heterocycles. The maximum Gasteiger partial charge on any atom is 0.146 e. The molecular formula is C20H22FN5O. The van der Waals surface area contributed by atoms with Gasteiger partial charge in [0.25, 0.3) is 0 Å². The fourth-order valence-corrected chi connectivity index (χ4v) is 3.28. The Balaban J connectivity index is 1.42. The zero-order valence-corrected chi connectivity index (χ0v) is 15.2.